The molecule has 3 aromatic rings. The molecular weight excluding hydrogens is 567 g/mol. The van der Waals surface area contributed by atoms with Crippen LogP contribution >= 0.6 is 12.2 Å². The van der Waals surface area contributed by atoms with E-state index in [9.17, 15) is 28.1 Å². The Hall–Kier alpha value is -4.47. The summed E-state index contributed by atoms with van der Waals surface area (Å²) in [4.78, 5) is 26.6. The molecule has 4 rings (SSSR count). The third-order valence-electron chi connectivity index (χ3n) is 5.72. The number of anilines is 2. The summed E-state index contributed by atoms with van der Waals surface area (Å²) in [6.45, 7) is 1.59. The molecule has 0 radical (unpaired) electrons. The lowest BCUT2D eigenvalue weighted by Crippen LogP contribution is -2.44. The van der Waals surface area contributed by atoms with E-state index in [4.69, 9.17) is 9.02 Å². The summed E-state index contributed by atoms with van der Waals surface area (Å²) in [5.41, 5.74) is 8.14. The summed E-state index contributed by atoms with van der Waals surface area (Å²) >= 11 is 0.761. The average Bonchev–Trinajstić information content (AvgIpc) is 3.39. The van der Waals surface area contributed by atoms with Crippen molar-refractivity contribution >= 4 is 35.4 Å². The Labute approximate surface area is 236 Å². The summed E-state index contributed by atoms with van der Waals surface area (Å²) in [5.74, 6) is 0.117. The Morgan fingerprint density at radius 3 is 2.51 bits per heavy atom. The average molecular weight is 592 g/mol. The lowest BCUT2D eigenvalue weighted by Gasteiger charge is -2.26. The van der Waals surface area contributed by atoms with Gasteiger partial charge in [0.1, 0.15) is 30.6 Å². The van der Waals surface area contributed by atoms with Crippen molar-refractivity contribution in [3.63, 3.8) is 0 Å². The van der Waals surface area contributed by atoms with E-state index in [1.54, 1.807) is 53.8 Å². The van der Waals surface area contributed by atoms with Gasteiger partial charge in [0, 0.05) is 12.7 Å². The molecule has 1 heterocycles. The number of benzene rings is 3. The van der Waals surface area contributed by atoms with Gasteiger partial charge >= 0.3 is 12.3 Å². The first kappa shape index (κ1) is 29.5. The second kappa shape index (κ2) is 12.8. The van der Waals surface area contributed by atoms with Crippen LogP contribution < -0.4 is 25.0 Å². The zero-order chi connectivity index (χ0) is 29.6. The van der Waals surface area contributed by atoms with Gasteiger partial charge in [-0.25, -0.2) is 10.2 Å². The van der Waals surface area contributed by atoms with Crippen LogP contribution in [0.25, 0.3) is 5.70 Å². The largest absolute Gasteiger partial charge is 0.437 e. The molecule has 0 saturated carbocycles. The summed E-state index contributed by atoms with van der Waals surface area (Å²) in [6, 6.07) is 18.0. The third-order valence-corrected chi connectivity index (χ3v) is 6.32. The van der Waals surface area contributed by atoms with Gasteiger partial charge < -0.3 is 9.57 Å². The van der Waals surface area contributed by atoms with Gasteiger partial charge in [0.25, 0.3) is 5.09 Å². The van der Waals surface area contributed by atoms with Crippen LogP contribution in [0.2, 0.25) is 0 Å². The molecule has 1 atom stereocenters. The van der Waals surface area contributed by atoms with Crippen LogP contribution in [0.1, 0.15) is 16.7 Å². The number of hydroxylamine groups is 1. The smallest absolute Gasteiger partial charge is 0.409 e. The molecule has 0 bridgehead atoms. The van der Waals surface area contributed by atoms with Crippen LogP contribution in [0.15, 0.2) is 78.9 Å². The summed E-state index contributed by atoms with van der Waals surface area (Å²) in [5, 5.41) is 10.8. The van der Waals surface area contributed by atoms with Crippen molar-refractivity contribution in [2.24, 2.45) is 0 Å². The molecular formula is C26H24F3N5O6S. The number of hydrazine groups is 1. The summed E-state index contributed by atoms with van der Waals surface area (Å²) < 4.78 is 52.3. The second-order valence-electron chi connectivity index (χ2n) is 8.71. The molecule has 1 aliphatic heterocycles. The van der Waals surface area contributed by atoms with Crippen molar-refractivity contribution in [3.8, 4) is 5.75 Å². The predicted octanol–water partition coefficient (Wildman–Crippen LogP) is 5.72. The van der Waals surface area contributed by atoms with Crippen LogP contribution in [0, 0.1) is 17.0 Å². The molecule has 0 aromatic heterocycles. The maximum atomic E-state index is 13.5. The Bertz CT molecular complexity index is 1410. The number of rotatable bonds is 10. The number of ether oxygens (including phenoxy) is 1. The quantitative estimate of drug-likeness (QED) is 0.131. The lowest BCUT2D eigenvalue weighted by molar-refractivity contribution is -0.763. The minimum atomic E-state index is -4.47. The van der Waals surface area contributed by atoms with Gasteiger partial charge in [-0.1, -0.05) is 42.0 Å². The van der Waals surface area contributed by atoms with Gasteiger partial charge in [0.05, 0.1) is 11.4 Å². The van der Waals surface area contributed by atoms with Crippen molar-refractivity contribution in [3.05, 3.63) is 106 Å². The first-order chi connectivity index (χ1) is 19.5. The molecule has 11 nitrogen and oxygen atoms in total. The fourth-order valence-electron chi connectivity index (χ4n) is 3.73. The van der Waals surface area contributed by atoms with Crippen molar-refractivity contribution in [2.75, 3.05) is 16.4 Å². The molecule has 1 unspecified atom stereocenters. The lowest BCUT2D eigenvalue weighted by atomic mass is 10.1. The first-order valence-corrected chi connectivity index (χ1v) is 12.6. The molecule has 15 heteroatoms. The fraction of sp³-hybridized carbons (Fsp3) is 0.192. The van der Waals surface area contributed by atoms with E-state index in [2.05, 4.69) is 15.7 Å². The number of aryl methyl sites for hydroxylation is 1. The first-order valence-electron chi connectivity index (χ1n) is 11.9. The van der Waals surface area contributed by atoms with Crippen LogP contribution in [0.5, 0.6) is 5.75 Å². The number of hydrogen-bond acceptors (Lipinski definition) is 10. The van der Waals surface area contributed by atoms with Gasteiger partial charge in [0.15, 0.2) is 0 Å². The molecule has 2 N–H and O–H groups in total. The molecule has 41 heavy (non-hydrogen) atoms. The van der Waals surface area contributed by atoms with E-state index in [0.717, 1.165) is 23.9 Å². The molecule has 1 amide bonds. The zero-order valence-electron chi connectivity index (χ0n) is 21.6. The maximum absolute atomic E-state index is 13.5. The van der Waals surface area contributed by atoms with Gasteiger partial charge in [0.2, 0.25) is 0 Å². The molecule has 0 aliphatic carbocycles. The van der Waals surface area contributed by atoms with Gasteiger partial charge in [-0.2, -0.15) is 22.9 Å². The van der Waals surface area contributed by atoms with E-state index >= 15 is 0 Å². The number of alkyl halides is 3. The minimum absolute atomic E-state index is 0.117. The maximum Gasteiger partial charge on any atom is 0.437 e. The molecule has 0 spiro atoms. The Morgan fingerprint density at radius 1 is 1.15 bits per heavy atom. The number of hydrogen-bond donors (Lipinski definition) is 2. The van der Waals surface area contributed by atoms with Gasteiger partial charge in [-0.3, -0.25) is 9.31 Å². The number of halogens is 3. The SMILES string of the molecule is Cc1ccc(C2=CC(C(F)(F)F)NN2c2ccc(N(C)SONC(=O)Oc3cccc(CO[N+](=O)[O-])c3)cc2)cc1. The zero-order valence-corrected chi connectivity index (χ0v) is 22.4. The minimum Gasteiger partial charge on any atom is -0.409 e. The van der Waals surface area contributed by atoms with Crippen LogP contribution in [0.3, 0.4) is 0 Å². The Morgan fingerprint density at radius 2 is 1.85 bits per heavy atom. The molecule has 0 fully saturated rings. The van der Waals surface area contributed by atoms with Crippen molar-refractivity contribution < 1.29 is 36.9 Å². The van der Waals surface area contributed by atoms with E-state index in [0.29, 0.717) is 28.2 Å². The fourth-order valence-corrected chi connectivity index (χ4v) is 4.15. The highest BCUT2D eigenvalue weighted by Gasteiger charge is 2.43. The van der Waals surface area contributed by atoms with E-state index < -0.39 is 23.4 Å². The normalized spacial score (nSPS) is 14.8. The molecule has 1 aliphatic rings. The number of amides is 1. The third kappa shape index (κ3) is 8.03. The highest BCUT2D eigenvalue weighted by atomic mass is 32.2. The Balaban J connectivity index is 1.33. The standard InChI is InChI=1S/C26H24F3N5O6S/c1-17-6-8-19(9-7-17)23-15-24(26(27,28)29)30-33(23)21-12-10-20(11-13-21)32(2)41-40-31-25(35)39-22-5-3-4-18(14-22)16-38-34(36)37/h3-15,24,30H,16H2,1-2H3,(H,31,35). The highest BCUT2D eigenvalue weighted by Crippen LogP contribution is 2.35. The molecule has 216 valence electrons. The van der Waals surface area contributed by atoms with Gasteiger partial charge in [-0.05, 0) is 60.5 Å². The van der Waals surface area contributed by atoms with Crippen molar-refractivity contribution in [1.82, 2.24) is 10.9 Å². The number of nitrogens with zero attached hydrogens (tertiary/aromatic N) is 3. The number of carbonyl (C=O) groups is 1. The van der Waals surface area contributed by atoms with Gasteiger partial charge in [-0.15, -0.1) is 10.1 Å². The Kier molecular flexibility index (Phi) is 9.21. The van der Waals surface area contributed by atoms with Crippen LogP contribution in [0.4, 0.5) is 29.3 Å². The van der Waals surface area contributed by atoms with E-state index in [1.165, 1.54) is 23.2 Å². The predicted molar refractivity (Wildman–Crippen MR) is 146 cm³/mol. The second-order valence-corrected chi connectivity index (χ2v) is 9.57. The van der Waals surface area contributed by atoms with Crippen LogP contribution in [-0.4, -0.2) is 30.4 Å². The van der Waals surface area contributed by atoms with Crippen LogP contribution in [-0.2, 0) is 15.7 Å². The number of nitrogens with one attached hydrogen (secondary N) is 2. The highest BCUT2D eigenvalue weighted by molar-refractivity contribution is 7.96. The molecule has 0 saturated heterocycles. The van der Waals surface area contributed by atoms with E-state index in [-0.39, 0.29) is 12.4 Å². The van der Waals surface area contributed by atoms with E-state index in [1.807, 2.05) is 19.1 Å². The monoisotopic (exact) mass is 591 g/mol. The summed E-state index contributed by atoms with van der Waals surface area (Å²) in [7, 11) is 1.65. The number of carbonyl (C=O) groups excluding carboxylic acids is 1. The topological polar surface area (TPSA) is 118 Å². The van der Waals surface area contributed by atoms with Crippen molar-refractivity contribution in [1.29, 1.82) is 0 Å². The molecule has 3 aromatic carbocycles. The van der Waals surface area contributed by atoms with Crippen molar-refractivity contribution in [2.45, 2.75) is 25.7 Å². The summed E-state index contributed by atoms with van der Waals surface area (Å²) in [6.07, 6.45) is -4.26.